The van der Waals surface area contributed by atoms with Crippen LogP contribution in [0.3, 0.4) is 0 Å². The lowest BCUT2D eigenvalue weighted by Crippen LogP contribution is -2.26. The molecule has 0 fully saturated rings. The molecule has 0 saturated heterocycles. The number of halogens is 1. The summed E-state index contributed by atoms with van der Waals surface area (Å²) < 4.78 is 5.75. The van der Waals surface area contributed by atoms with E-state index in [0.717, 1.165) is 11.3 Å². The maximum absolute atomic E-state index is 6.05. The fourth-order valence-corrected chi connectivity index (χ4v) is 2.92. The van der Waals surface area contributed by atoms with Crippen molar-refractivity contribution in [3.05, 3.63) is 52.7 Å². The Labute approximate surface area is 122 Å². The van der Waals surface area contributed by atoms with Crippen LogP contribution >= 0.6 is 11.6 Å². The minimum Gasteiger partial charge on any atom is -0.493 e. The van der Waals surface area contributed by atoms with E-state index in [9.17, 15) is 0 Å². The van der Waals surface area contributed by atoms with E-state index in [0.29, 0.717) is 17.4 Å². The molecule has 1 aromatic carbocycles. The van der Waals surface area contributed by atoms with Crippen LogP contribution in [0.4, 0.5) is 5.82 Å². The minimum absolute atomic E-state index is 0.0184. The summed E-state index contributed by atoms with van der Waals surface area (Å²) in [5, 5.41) is 3.90. The fourth-order valence-electron chi connectivity index (χ4n) is 2.75. The number of pyridine rings is 1. The van der Waals surface area contributed by atoms with Crippen LogP contribution in [0.25, 0.3) is 0 Å². The Kier molecular flexibility index (Phi) is 3.51. The minimum atomic E-state index is 0.0184. The predicted molar refractivity (Wildman–Crippen MR) is 80.1 cm³/mol. The molecule has 4 nitrogen and oxygen atoms in total. The number of nitrogens with one attached hydrogen (secondary N) is 1. The van der Waals surface area contributed by atoms with Gasteiger partial charge in [0.05, 0.1) is 11.6 Å². The number of ether oxygens (including phenoxy) is 1. The number of benzene rings is 1. The van der Waals surface area contributed by atoms with Crippen LogP contribution in [0.15, 0.2) is 36.5 Å². The van der Waals surface area contributed by atoms with Gasteiger partial charge in [-0.3, -0.25) is 0 Å². The Balaban J connectivity index is 2.01. The second kappa shape index (κ2) is 5.31. The van der Waals surface area contributed by atoms with E-state index < -0.39 is 0 Å². The number of anilines is 1. The molecule has 2 atom stereocenters. The highest BCUT2D eigenvalue weighted by molar-refractivity contribution is 6.30. The summed E-state index contributed by atoms with van der Waals surface area (Å²) in [6, 6.07) is 9.96. The molecule has 3 N–H and O–H groups in total. The van der Waals surface area contributed by atoms with Crippen molar-refractivity contribution in [2.45, 2.75) is 12.0 Å². The zero-order chi connectivity index (χ0) is 14.1. The van der Waals surface area contributed by atoms with E-state index in [-0.39, 0.29) is 12.0 Å². The Morgan fingerprint density at radius 1 is 1.45 bits per heavy atom. The molecule has 20 heavy (non-hydrogen) atoms. The van der Waals surface area contributed by atoms with Gasteiger partial charge in [0.25, 0.3) is 0 Å². The number of likely N-dealkylation sites (N-methyl/N-ethyl adjacent to an activating group) is 1. The molecule has 2 heterocycles. The second-order valence-corrected chi connectivity index (χ2v) is 5.29. The molecule has 0 aliphatic carbocycles. The number of hydrogen-bond donors (Lipinski definition) is 2. The van der Waals surface area contributed by atoms with Crippen molar-refractivity contribution in [2.24, 2.45) is 0 Å². The van der Waals surface area contributed by atoms with Gasteiger partial charge in [-0.25, -0.2) is 4.98 Å². The third-order valence-electron chi connectivity index (χ3n) is 3.70. The summed E-state index contributed by atoms with van der Waals surface area (Å²) in [7, 11) is 1.91. The summed E-state index contributed by atoms with van der Waals surface area (Å²) in [5.74, 6) is 1.63. The molecule has 1 aromatic heterocycles. The third kappa shape index (κ3) is 2.21. The Hall–Kier alpha value is -1.78. The lowest BCUT2D eigenvalue weighted by atomic mass is 9.89. The fraction of sp³-hybridized carbons (Fsp3) is 0.267. The van der Waals surface area contributed by atoms with Gasteiger partial charge in [0.15, 0.2) is 0 Å². The highest BCUT2D eigenvalue weighted by atomic mass is 35.5. The number of para-hydroxylation sites is 1. The Morgan fingerprint density at radius 3 is 3.05 bits per heavy atom. The van der Waals surface area contributed by atoms with Crippen molar-refractivity contribution in [1.82, 2.24) is 10.3 Å². The molecule has 0 radical (unpaired) electrons. The van der Waals surface area contributed by atoms with Crippen LogP contribution < -0.4 is 15.8 Å². The van der Waals surface area contributed by atoms with E-state index in [1.807, 2.05) is 31.3 Å². The number of hydrogen-bond acceptors (Lipinski definition) is 4. The highest BCUT2D eigenvalue weighted by Crippen LogP contribution is 2.42. The first-order valence-electron chi connectivity index (χ1n) is 6.50. The zero-order valence-corrected chi connectivity index (χ0v) is 11.9. The number of nitrogens with zero attached hydrogens (tertiary/aromatic N) is 1. The molecule has 5 heteroatoms. The maximum Gasteiger partial charge on any atom is 0.128 e. The summed E-state index contributed by atoms with van der Waals surface area (Å²) in [6.07, 6.45) is 1.56. The molecule has 0 saturated carbocycles. The van der Waals surface area contributed by atoms with Gasteiger partial charge in [0.2, 0.25) is 0 Å². The largest absolute Gasteiger partial charge is 0.493 e. The molecule has 0 spiro atoms. The average Bonchev–Trinajstić information content (AvgIpc) is 2.88. The molecule has 2 unspecified atom stereocenters. The van der Waals surface area contributed by atoms with Crippen molar-refractivity contribution in [2.75, 3.05) is 19.4 Å². The normalized spacial score (nSPS) is 18.4. The van der Waals surface area contributed by atoms with Crippen LogP contribution in [-0.4, -0.2) is 18.6 Å². The molecule has 2 aromatic rings. The van der Waals surface area contributed by atoms with Gasteiger partial charge in [0.1, 0.15) is 11.6 Å². The number of fused-ring (bicyclic) bond motifs is 1. The van der Waals surface area contributed by atoms with Gasteiger partial charge < -0.3 is 15.8 Å². The SMILES string of the molecule is CNC(c1cc(Cl)cnc1N)C1COc2ccccc21. The quantitative estimate of drug-likeness (QED) is 0.912. The van der Waals surface area contributed by atoms with Gasteiger partial charge >= 0.3 is 0 Å². The topological polar surface area (TPSA) is 60.2 Å². The van der Waals surface area contributed by atoms with E-state index in [1.54, 1.807) is 6.20 Å². The van der Waals surface area contributed by atoms with Crippen LogP contribution in [0.2, 0.25) is 5.02 Å². The lowest BCUT2D eigenvalue weighted by molar-refractivity contribution is 0.304. The van der Waals surface area contributed by atoms with Gasteiger partial charge in [0, 0.05) is 29.3 Å². The Morgan fingerprint density at radius 2 is 2.25 bits per heavy atom. The lowest BCUT2D eigenvalue weighted by Gasteiger charge is -2.23. The van der Waals surface area contributed by atoms with Crippen molar-refractivity contribution < 1.29 is 4.74 Å². The molecule has 3 rings (SSSR count). The van der Waals surface area contributed by atoms with E-state index in [4.69, 9.17) is 22.1 Å². The van der Waals surface area contributed by atoms with E-state index >= 15 is 0 Å². The highest BCUT2D eigenvalue weighted by Gasteiger charge is 2.32. The number of rotatable bonds is 3. The van der Waals surface area contributed by atoms with Crippen molar-refractivity contribution >= 4 is 17.4 Å². The van der Waals surface area contributed by atoms with Gasteiger partial charge in [-0.2, -0.15) is 0 Å². The van der Waals surface area contributed by atoms with Crippen LogP contribution in [0.1, 0.15) is 23.1 Å². The number of nitrogens with two attached hydrogens (primary N) is 1. The second-order valence-electron chi connectivity index (χ2n) is 4.85. The van der Waals surface area contributed by atoms with Crippen molar-refractivity contribution in [1.29, 1.82) is 0 Å². The number of nitrogen functional groups attached to an aromatic ring is 1. The summed E-state index contributed by atoms with van der Waals surface area (Å²) in [4.78, 5) is 4.14. The van der Waals surface area contributed by atoms with Crippen molar-refractivity contribution in [3.8, 4) is 5.75 Å². The molecule has 1 aliphatic heterocycles. The van der Waals surface area contributed by atoms with E-state index in [1.165, 1.54) is 5.56 Å². The Bertz CT molecular complexity index is 632. The molecule has 0 amide bonds. The van der Waals surface area contributed by atoms with Crippen LogP contribution in [-0.2, 0) is 0 Å². The average molecular weight is 290 g/mol. The summed E-state index contributed by atoms with van der Waals surface area (Å²) in [6.45, 7) is 0.622. The summed E-state index contributed by atoms with van der Waals surface area (Å²) in [5.41, 5.74) is 8.10. The van der Waals surface area contributed by atoms with Gasteiger partial charge in [-0.05, 0) is 19.2 Å². The van der Waals surface area contributed by atoms with Crippen LogP contribution in [0, 0.1) is 0 Å². The monoisotopic (exact) mass is 289 g/mol. The molecular formula is C15H16ClN3O. The van der Waals surface area contributed by atoms with Crippen molar-refractivity contribution in [3.63, 3.8) is 0 Å². The summed E-state index contributed by atoms with van der Waals surface area (Å²) >= 11 is 6.05. The van der Waals surface area contributed by atoms with Gasteiger partial charge in [-0.15, -0.1) is 0 Å². The first-order valence-corrected chi connectivity index (χ1v) is 6.88. The number of aromatic nitrogens is 1. The molecule has 0 bridgehead atoms. The molecular weight excluding hydrogens is 274 g/mol. The van der Waals surface area contributed by atoms with Crippen LogP contribution in [0.5, 0.6) is 5.75 Å². The maximum atomic E-state index is 6.05. The molecule has 104 valence electrons. The third-order valence-corrected chi connectivity index (χ3v) is 3.91. The molecule has 1 aliphatic rings. The standard InChI is InChI=1S/C15H16ClN3O/c1-18-14(11-6-9(16)7-19-15(11)17)12-8-20-13-5-3-2-4-10(12)13/h2-7,12,14,18H,8H2,1H3,(H2,17,19). The predicted octanol–water partition coefficient (Wildman–Crippen LogP) is 2.75. The first-order chi connectivity index (χ1) is 9.70. The smallest absolute Gasteiger partial charge is 0.128 e. The zero-order valence-electron chi connectivity index (χ0n) is 11.1. The van der Waals surface area contributed by atoms with E-state index in [2.05, 4.69) is 16.4 Å². The first kappa shape index (κ1) is 13.2. The van der Waals surface area contributed by atoms with Gasteiger partial charge in [-0.1, -0.05) is 29.8 Å².